The Morgan fingerprint density at radius 1 is 1.31 bits per heavy atom. The number of benzene rings is 1. The molecule has 0 unspecified atom stereocenters. The second kappa shape index (κ2) is 7.17. The van der Waals surface area contributed by atoms with Crippen molar-refractivity contribution in [3.63, 3.8) is 0 Å². The highest BCUT2D eigenvalue weighted by atomic mass is 16.5. The van der Waals surface area contributed by atoms with E-state index < -0.39 is 17.5 Å². The van der Waals surface area contributed by atoms with E-state index in [4.69, 9.17) is 14.6 Å². The van der Waals surface area contributed by atoms with Crippen LogP contribution in [0.4, 0.5) is 0 Å². The number of carbonyl (C=O) groups excluding carboxylic acids is 1. The Kier molecular flexibility index (Phi) is 4.94. The van der Waals surface area contributed by atoms with Crippen LogP contribution in [0.5, 0.6) is 5.88 Å². The molecule has 0 radical (unpaired) electrons. The molecule has 1 aromatic carbocycles. The standard InChI is InChI=1S/C18H21N3O5/c1-25-16-14(10-20-21(16)13-6-4-3-5-7-13)15(22)19-11-18(26-2)8-12(9-18)17(23)24/h3-7,10,12H,8-9,11H2,1-2H3,(H,19,22)(H,23,24). The first-order valence-corrected chi connectivity index (χ1v) is 8.23. The molecule has 3 rings (SSSR count). The third-order valence-electron chi connectivity index (χ3n) is 4.75. The van der Waals surface area contributed by atoms with Gasteiger partial charge in [0.1, 0.15) is 5.56 Å². The fourth-order valence-electron chi connectivity index (χ4n) is 3.18. The molecule has 0 saturated heterocycles. The Hall–Kier alpha value is -2.87. The molecular weight excluding hydrogens is 338 g/mol. The number of nitrogens with zero attached hydrogens (tertiary/aromatic N) is 2. The summed E-state index contributed by atoms with van der Waals surface area (Å²) in [5.41, 5.74) is 0.443. The number of amides is 1. The van der Waals surface area contributed by atoms with Crippen LogP contribution in [0.25, 0.3) is 5.69 Å². The van der Waals surface area contributed by atoms with E-state index in [0.29, 0.717) is 24.3 Å². The predicted octanol–water partition coefficient (Wildman–Crippen LogP) is 1.49. The average Bonchev–Trinajstić information content (AvgIpc) is 3.05. The number of rotatable bonds is 7. The smallest absolute Gasteiger partial charge is 0.306 e. The van der Waals surface area contributed by atoms with Crippen molar-refractivity contribution in [2.24, 2.45) is 5.92 Å². The fourth-order valence-corrected chi connectivity index (χ4v) is 3.18. The van der Waals surface area contributed by atoms with Gasteiger partial charge in [-0.15, -0.1) is 0 Å². The minimum absolute atomic E-state index is 0.228. The number of nitrogens with one attached hydrogen (secondary N) is 1. The summed E-state index contributed by atoms with van der Waals surface area (Å²) in [6.07, 6.45) is 2.19. The number of carboxylic acid groups (broad SMARTS) is 1. The summed E-state index contributed by atoms with van der Waals surface area (Å²) in [6.45, 7) is 0.228. The quantitative estimate of drug-likeness (QED) is 0.776. The van der Waals surface area contributed by atoms with Gasteiger partial charge in [0.25, 0.3) is 5.91 Å². The van der Waals surface area contributed by atoms with Gasteiger partial charge in [-0.05, 0) is 25.0 Å². The van der Waals surface area contributed by atoms with E-state index >= 15 is 0 Å². The number of aliphatic carboxylic acids is 1. The van der Waals surface area contributed by atoms with Crippen molar-refractivity contribution in [2.45, 2.75) is 18.4 Å². The van der Waals surface area contributed by atoms with E-state index in [1.165, 1.54) is 20.4 Å². The van der Waals surface area contributed by atoms with Crippen molar-refractivity contribution in [2.75, 3.05) is 20.8 Å². The molecule has 0 spiro atoms. The van der Waals surface area contributed by atoms with Crippen LogP contribution in [0.1, 0.15) is 23.2 Å². The van der Waals surface area contributed by atoms with Gasteiger partial charge in [-0.1, -0.05) is 18.2 Å². The van der Waals surface area contributed by atoms with Crippen LogP contribution >= 0.6 is 0 Å². The molecule has 138 valence electrons. The van der Waals surface area contributed by atoms with Gasteiger partial charge in [0.2, 0.25) is 5.88 Å². The van der Waals surface area contributed by atoms with Crippen molar-refractivity contribution in [3.8, 4) is 11.6 Å². The largest absolute Gasteiger partial charge is 0.481 e. The molecule has 1 amide bonds. The molecule has 8 heteroatoms. The summed E-state index contributed by atoms with van der Waals surface area (Å²) in [5, 5.41) is 16.1. The van der Waals surface area contributed by atoms with E-state index in [9.17, 15) is 9.59 Å². The second-order valence-corrected chi connectivity index (χ2v) is 6.33. The van der Waals surface area contributed by atoms with Gasteiger partial charge in [-0.3, -0.25) is 9.59 Å². The van der Waals surface area contributed by atoms with E-state index in [1.54, 1.807) is 4.68 Å². The highest BCUT2D eigenvalue weighted by Crippen LogP contribution is 2.40. The second-order valence-electron chi connectivity index (χ2n) is 6.33. The lowest BCUT2D eigenvalue weighted by atomic mass is 9.70. The number of hydrogen-bond donors (Lipinski definition) is 2. The Labute approximate surface area is 150 Å². The SMILES string of the molecule is COc1c(C(=O)NCC2(OC)CC(C(=O)O)C2)cnn1-c1ccccc1. The van der Waals surface area contributed by atoms with Crippen LogP contribution < -0.4 is 10.1 Å². The highest BCUT2D eigenvalue weighted by Gasteiger charge is 2.48. The summed E-state index contributed by atoms with van der Waals surface area (Å²) in [6, 6.07) is 9.34. The first-order chi connectivity index (χ1) is 12.5. The Morgan fingerprint density at radius 3 is 2.58 bits per heavy atom. The molecule has 1 fully saturated rings. The van der Waals surface area contributed by atoms with Gasteiger partial charge >= 0.3 is 5.97 Å². The third-order valence-corrected chi connectivity index (χ3v) is 4.75. The van der Waals surface area contributed by atoms with Crippen molar-refractivity contribution in [1.82, 2.24) is 15.1 Å². The van der Waals surface area contributed by atoms with E-state index in [2.05, 4.69) is 10.4 Å². The van der Waals surface area contributed by atoms with Gasteiger partial charge in [0, 0.05) is 13.7 Å². The zero-order valence-electron chi connectivity index (χ0n) is 14.6. The molecule has 1 aliphatic carbocycles. The minimum atomic E-state index is -0.838. The maximum atomic E-state index is 12.6. The van der Waals surface area contributed by atoms with Gasteiger partial charge < -0.3 is 19.9 Å². The van der Waals surface area contributed by atoms with Crippen LogP contribution in [0.2, 0.25) is 0 Å². The maximum absolute atomic E-state index is 12.6. The first-order valence-electron chi connectivity index (χ1n) is 8.23. The molecule has 0 aliphatic heterocycles. The summed E-state index contributed by atoms with van der Waals surface area (Å²) >= 11 is 0. The van der Waals surface area contributed by atoms with Crippen molar-refractivity contribution in [3.05, 3.63) is 42.1 Å². The lowest BCUT2D eigenvalue weighted by Gasteiger charge is -2.44. The summed E-state index contributed by atoms with van der Waals surface area (Å²) in [4.78, 5) is 23.6. The molecule has 0 bridgehead atoms. The van der Waals surface area contributed by atoms with Crippen LogP contribution in [0.15, 0.2) is 36.5 Å². The van der Waals surface area contributed by atoms with Crippen LogP contribution in [0, 0.1) is 5.92 Å². The van der Waals surface area contributed by atoms with Crippen molar-refractivity contribution in [1.29, 1.82) is 0 Å². The number of ether oxygens (including phenoxy) is 2. The number of carboxylic acids is 1. The topological polar surface area (TPSA) is 103 Å². The van der Waals surface area contributed by atoms with Crippen LogP contribution in [-0.4, -0.2) is 53.1 Å². The number of aromatic nitrogens is 2. The van der Waals surface area contributed by atoms with Gasteiger partial charge in [0.05, 0.1) is 30.5 Å². The molecule has 1 aliphatic rings. The monoisotopic (exact) mass is 359 g/mol. The highest BCUT2D eigenvalue weighted by molar-refractivity contribution is 5.96. The average molecular weight is 359 g/mol. The number of para-hydroxylation sites is 1. The number of methoxy groups -OCH3 is 2. The first kappa shape index (κ1) is 17.9. The summed E-state index contributed by atoms with van der Waals surface area (Å²) in [5.74, 6) is -1.28. The zero-order chi connectivity index (χ0) is 18.7. The molecule has 2 N–H and O–H groups in total. The third kappa shape index (κ3) is 3.28. The predicted molar refractivity (Wildman–Crippen MR) is 92.5 cm³/mol. The van der Waals surface area contributed by atoms with E-state index in [1.807, 2.05) is 30.3 Å². The Morgan fingerprint density at radius 2 is 2.00 bits per heavy atom. The molecule has 26 heavy (non-hydrogen) atoms. The molecular formula is C18H21N3O5. The van der Waals surface area contributed by atoms with Gasteiger partial charge in [0.15, 0.2) is 0 Å². The Balaban J connectivity index is 1.71. The maximum Gasteiger partial charge on any atom is 0.306 e. The molecule has 8 nitrogen and oxygen atoms in total. The lowest BCUT2D eigenvalue weighted by molar-refractivity contribution is -0.161. The molecule has 2 aromatic rings. The zero-order valence-corrected chi connectivity index (χ0v) is 14.6. The number of hydrogen-bond acceptors (Lipinski definition) is 5. The van der Waals surface area contributed by atoms with Gasteiger partial charge in [-0.25, -0.2) is 4.68 Å². The minimum Gasteiger partial charge on any atom is -0.481 e. The summed E-state index contributed by atoms with van der Waals surface area (Å²) < 4.78 is 12.4. The van der Waals surface area contributed by atoms with Gasteiger partial charge in [-0.2, -0.15) is 5.10 Å². The normalized spacial score (nSPS) is 21.7. The Bertz CT molecular complexity index is 796. The summed E-state index contributed by atoms with van der Waals surface area (Å²) in [7, 11) is 3.01. The molecule has 1 saturated carbocycles. The van der Waals surface area contributed by atoms with Crippen LogP contribution in [0.3, 0.4) is 0 Å². The van der Waals surface area contributed by atoms with E-state index in [0.717, 1.165) is 5.69 Å². The van der Waals surface area contributed by atoms with Crippen molar-refractivity contribution >= 4 is 11.9 Å². The van der Waals surface area contributed by atoms with E-state index in [-0.39, 0.29) is 12.5 Å². The van der Waals surface area contributed by atoms with Crippen molar-refractivity contribution < 1.29 is 24.2 Å². The molecule has 1 aromatic heterocycles. The fraction of sp³-hybridized carbons (Fsp3) is 0.389. The van der Waals surface area contributed by atoms with Crippen LogP contribution in [-0.2, 0) is 9.53 Å². The molecule has 0 atom stereocenters. The number of carbonyl (C=O) groups is 2. The molecule has 1 heterocycles. The lowest BCUT2D eigenvalue weighted by Crippen LogP contribution is -2.55.